The second-order valence-corrected chi connectivity index (χ2v) is 2.66. The van der Waals surface area contributed by atoms with Crippen molar-refractivity contribution in [2.75, 3.05) is 13.7 Å². The monoisotopic (exact) mass is 207 g/mol. The van der Waals surface area contributed by atoms with Gasteiger partial charge in [-0.15, -0.1) is 0 Å². The Morgan fingerprint density at radius 2 is 2.27 bits per heavy atom. The molecule has 15 heavy (non-hydrogen) atoms. The van der Waals surface area contributed by atoms with Gasteiger partial charge in [-0.2, -0.15) is 5.26 Å². The summed E-state index contributed by atoms with van der Waals surface area (Å²) in [6, 6.07) is 6.47. The van der Waals surface area contributed by atoms with Gasteiger partial charge in [-0.3, -0.25) is 0 Å². The zero-order valence-electron chi connectivity index (χ0n) is 8.06. The molecule has 0 aromatic heterocycles. The third-order valence-corrected chi connectivity index (χ3v) is 1.64. The van der Waals surface area contributed by atoms with Gasteiger partial charge in [0.1, 0.15) is 0 Å². The zero-order valence-corrected chi connectivity index (χ0v) is 8.06. The van der Waals surface area contributed by atoms with E-state index in [4.69, 9.17) is 19.8 Å². The van der Waals surface area contributed by atoms with Crippen LogP contribution in [0.2, 0.25) is 0 Å². The molecule has 1 rings (SSSR count). The van der Waals surface area contributed by atoms with Gasteiger partial charge in [-0.1, -0.05) is 0 Å². The van der Waals surface area contributed by atoms with Crippen molar-refractivity contribution in [2.24, 2.45) is 0 Å². The first-order valence-electron chi connectivity index (χ1n) is 4.10. The SMILES string of the molecule is COc1ccc(C#N)cc1OCC(=O)O. The van der Waals surface area contributed by atoms with Crippen molar-refractivity contribution in [3.63, 3.8) is 0 Å². The molecule has 0 radical (unpaired) electrons. The summed E-state index contributed by atoms with van der Waals surface area (Å²) in [6.45, 7) is -0.467. The van der Waals surface area contributed by atoms with E-state index in [1.54, 1.807) is 12.1 Å². The Hall–Kier alpha value is -2.22. The van der Waals surface area contributed by atoms with E-state index in [2.05, 4.69) is 0 Å². The van der Waals surface area contributed by atoms with Gasteiger partial charge in [0, 0.05) is 6.07 Å². The van der Waals surface area contributed by atoms with Crippen LogP contribution in [0, 0.1) is 11.3 Å². The average Bonchev–Trinajstić information content (AvgIpc) is 2.25. The van der Waals surface area contributed by atoms with Crippen LogP contribution in [0.4, 0.5) is 0 Å². The van der Waals surface area contributed by atoms with Gasteiger partial charge in [0.05, 0.1) is 18.7 Å². The molecule has 1 aromatic carbocycles. The molecule has 1 N–H and O–H groups in total. The summed E-state index contributed by atoms with van der Waals surface area (Å²) in [7, 11) is 1.44. The molecule has 0 saturated heterocycles. The van der Waals surface area contributed by atoms with Crippen LogP contribution >= 0.6 is 0 Å². The Morgan fingerprint density at radius 1 is 1.53 bits per heavy atom. The van der Waals surface area contributed by atoms with Crippen molar-refractivity contribution in [1.82, 2.24) is 0 Å². The smallest absolute Gasteiger partial charge is 0.341 e. The highest BCUT2D eigenvalue weighted by molar-refractivity contribution is 5.68. The molecule has 5 nitrogen and oxygen atoms in total. The first kappa shape index (κ1) is 10.9. The summed E-state index contributed by atoms with van der Waals surface area (Å²) >= 11 is 0. The van der Waals surface area contributed by atoms with Crippen molar-refractivity contribution in [1.29, 1.82) is 5.26 Å². The lowest BCUT2D eigenvalue weighted by atomic mass is 10.2. The zero-order chi connectivity index (χ0) is 11.3. The summed E-state index contributed by atoms with van der Waals surface area (Å²) in [5.41, 5.74) is 0.385. The number of carboxylic acid groups (broad SMARTS) is 1. The summed E-state index contributed by atoms with van der Waals surface area (Å²) in [5.74, 6) is -0.436. The number of rotatable bonds is 4. The maximum atomic E-state index is 10.3. The largest absolute Gasteiger partial charge is 0.493 e. The predicted octanol–water partition coefficient (Wildman–Crippen LogP) is 1.03. The van der Waals surface area contributed by atoms with Crippen LogP contribution in [0.25, 0.3) is 0 Å². The normalized spacial score (nSPS) is 9.07. The summed E-state index contributed by atoms with van der Waals surface area (Å²) in [6.07, 6.45) is 0. The number of nitriles is 1. The Labute approximate surface area is 86.5 Å². The first-order chi connectivity index (χ1) is 7.17. The van der Waals surface area contributed by atoms with Crippen LogP contribution in [0.1, 0.15) is 5.56 Å². The highest BCUT2D eigenvalue weighted by atomic mass is 16.5. The Balaban J connectivity index is 2.92. The molecule has 1 aromatic rings. The highest BCUT2D eigenvalue weighted by Gasteiger charge is 2.07. The fraction of sp³-hybridized carbons (Fsp3) is 0.200. The van der Waals surface area contributed by atoms with Crippen molar-refractivity contribution in [3.05, 3.63) is 23.8 Å². The first-order valence-corrected chi connectivity index (χ1v) is 4.10. The molecule has 0 atom stereocenters. The van der Waals surface area contributed by atoms with E-state index in [-0.39, 0.29) is 5.75 Å². The average molecular weight is 207 g/mol. The van der Waals surface area contributed by atoms with Crippen LogP contribution in [0.3, 0.4) is 0 Å². The molecule has 0 fully saturated rings. The number of carboxylic acids is 1. The predicted molar refractivity (Wildman–Crippen MR) is 50.8 cm³/mol. The molecule has 0 amide bonds. The van der Waals surface area contributed by atoms with Crippen LogP contribution in [-0.2, 0) is 4.79 Å². The molecule has 0 bridgehead atoms. The van der Waals surface area contributed by atoms with Gasteiger partial charge in [-0.05, 0) is 12.1 Å². The lowest BCUT2D eigenvalue weighted by Gasteiger charge is -2.08. The van der Waals surface area contributed by atoms with E-state index in [0.717, 1.165) is 0 Å². The van der Waals surface area contributed by atoms with E-state index in [1.165, 1.54) is 13.2 Å². The highest BCUT2D eigenvalue weighted by Crippen LogP contribution is 2.27. The van der Waals surface area contributed by atoms with Crippen LogP contribution in [-0.4, -0.2) is 24.8 Å². The van der Waals surface area contributed by atoms with Gasteiger partial charge >= 0.3 is 5.97 Å². The van der Waals surface area contributed by atoms with E-state index in [9.17, 15) is 4.79 Å². The second kappa shape index (κ2) is 4.86. The molecule has 0 aliphatic carbocycles. The topological polar surface area (TPSA) is 79.5 Å². The maximum absolute atomic E-state index is 10.3. The summed E-state index contributed by atoms with van der Waals surface area (Å²) < 4.78 is 9.91. The molecular formula is C10H9NO4. The number of methoxy groups -OCH3 is 1. The summed E-state index contributed by atoms with van der Waals surface area (Å²) in [4.78, 5) is 10.3. The molecule has 0 spiro atoms. The minimum absolute atomic E-state index is 0.249. The number of benzene rings is 1. The van der Waals surface area contributed by atoms with Crippen LogP contribution < -0.4 is 9.47 Å². The quantitative estimate of drug-likeness (QED) is 0.797. The van der Waals surface area contributed by atoms with Gasteiger partial charge < -0.3 is 14.6 Å². The van der Waals surface area contributed by atoms with Crippen molar-refractivity contribution < 1.29 is 19.4 Å². The Kier molecular flexibility index (Phi) is 3.52. The third kappa shape index (κ3) is 2.88. The van der Waals surface area contributed by atoms with Crippen molar-refractivity contribution >= 4 is 5.97 Å². The Bertz CT molecular complexity index is 408. The molecule has 0 aliphatic rings. The molecule has 0 unspecified atom stereocenters. The Morgan fingerprint density at radius 3 is 2.80 bits per heavy atom. The number of carbonyl (C=O) groups is 1. The molecule has 0 aliphatic heterocycles. The number of hydrogen-bond donors (Lipinski definition) is 1. The minimum Gasteiger partial charge on any atom is -0.493 e. The lowest BCUT2D eigenvalue weighted by Crippen LogP contribution is -2.10. The van der Waals surface area contributed by atoms with Crippen LogP contribution in [0.5, 0.6) is 11.5 Å². The van der Waals surface area contributed by atoms with Crippen molar-refractivity contribution in [2.45, 2.75) is 0 Å². The lowest BCUT2D eigenvalue weighted by molar-refractivity contribution is -0.139. The number of hydrogen-bond acceptors (Lipinski definition) is 4. The minimum atomic E-state index is -1.08. The standard InChI is InChI=1S/C10H9NO4/c1-14-8-3-2-7(5-11)4-9(8)15-6-10(12)13/h2-4H,6H2,1H3,(H,12,13). The van der Waals surface area contributed by atoms with Crippen LogP contribution in [0.15, 0.2) is 18.2 Å². The number of nitrogens with zero attached hydrogens (tertiary/aromatic N) is 1. The fourth-order valence-corrected chi connectivity index (χ4v) is 0.999. The second-order valence-electron chi connectivity index (χ2n) is 2.66. The molecule has 0 heterocycles. The maximum Gasteiger partial charge on any atom is 0.341 e. The molecule has 0 saturated carbocycles. The van der Waals surface area contributed by atoms with E-state index >= 15 is 0 Å². The van der Waals surface area contributed by atoms with Gasteiger partial charge in [0.15, 0.2) is 18.1 Å². The van der Waals surface area contributed by atoms with Gasteiger partial charge in [0.25, 0.3) is 0 Å². The summed E-state index contributed by atoms with van der Waals surface area (Å²) in [5, 5.41) is 17.1. The van der Waals surface area contributed by atoms with E-state index in [1.807, 2.05) is 6.07 Å². The molecular weight excluding hydrogens is 198 g/mol. The van der Waals surface area contributed by atoms with Crippen molar-refractivity contribution in [3.8, 4) is 17.6 Å². The van der Waals surface area contributed by atoms with E-state index < -0.39 is 12.6 Å². The number of ether oxygens (including phenoxy) is 2. The number of aliphatic carboxylic acids is 1. The van der Waals surface area contributed by atoms with E-state index in [0.29, 0.717) is 11.3 Å². The fourth-order valence-electron chi connectivity index (χ4n) is 0.999. The molecule has 5 heteroatoms. The van der Waals surface area contributed by atoms with Gasteiger partial charge in [-0.25, -0.2) is 4.79 Å². The third-order valence-electron chi connectivity index (χ3n) is 1.64. The molecule has 78 valence electrons. The van der Waals surface area contributed by atoms with Gasteiger partial charge in [0.2, 0.25) is 0 Å².